The van der Waals surface area contributed by atoms with Gasteiger partial charge in [-0.05, 0) is 30.3 Å². The van der Waals surface area contributed by atoms with E-state index < -0.39 is 34.0 Å². The smallest absolute Gasteiger partial charge is 0.271 e. The van der Waals surface area contributed by atoms with Gasteiger partial charge in [-0.15, -0.1) is 0 Å². The number of imidazole rings is 1. The maximum atomic E-state index is 13.9. The number of hydrogen-bond acceptors (Lipinski definition) is 6. The Hall–Kier alpha value is -4.06. The van der Waals surface area contributed by atoms with Gasteiger partial charge in [0.05, 0.1) is 40.2 Å². The Morgan fingerprint density at radius 2 is 1.91 bits per heavy atom. The average Bonchev–Trinajstić information content (AvgIpc) is 3.20. The third-order valence-electron chi connectivity index (χ3n) is 4.79. The van der Waals surface area contributed by atoms with E-state index in [0.717, 1.165) is 17.8 Å². The van der Waals surface area contributed by atoms with Gasteiger partial charge in [0, 0.05) is 12.1 Å². The summed E-state index contributed by atoms with van der Waals surface area (Å²) in [6.45, 7) is 0. The standard InChI is InChI=1S/C22H15F3N4O4S/c1-33-18-5-3-2-4-17(18)28-16-9-6-12(29(31)32)10-15(16)27-22(28)34-11-19(30)26-14-8-7-13(23)20(24)21(14)25/h2-10H,11H2,1H3,(H,26,30). The summed E-state index contributed by atoms with van der Waals surface area (Å²) in [5, 5.41) is 13.7. The summed E-state index contributed by atoms with van der Waals surface area (Å²) in [5.74, 6) is -5.03. The molecule has 1 amide bonds. The summed E-state index contributed by atoms with van der Waals surface area (Å²) < 4.78 is 47.5. The molecule has 0 spiro atoms. The number of nitro benzene ring substituents is 1. The lowest BCUT2D eigenvalue weighted by atomic mass is 10.2. The number of nitro groups is 1. The minimum atomic E-state index is -1.69. The Kier molecular flexibility index (Phi) is 6.41. The fourth-order valence-electron chi connectivity index (χ4n) is 3.24. The number of amides is 1. The molecule has 0 fully saturated rings. The molecule has 0 unspecified atom stereocenters. The second-order valence-electron chi connectivity index (χ2n) is 6.89. The number of thioether (sulfide) groups is 1. The van der Waals surface area contributed by atoms with Crippen LogP contribution in [0.2, 0.25) is 0 Å². The van der Waals surface area contributed by atoms with E-state index in [-0.39, 0.29) is 11.4 Å². The Labute approximate surface area is 194 Å². The lowest BCUT2D eigenvalue weighted by molar-refractivity contribution is -0.384. The van der Waals surface area contributed by atoms with E-state index in [1.165, 1.54) is 25.3 Å². The number of halogens is 3. The van der Waals surface area contributed by atoms with E-state index in [2.05, 4.69) is 10.3 Å². The van der Waals surface area contributed by atoms with E-state index in [9.17, 15) is 28.1 Å². The van der Waals surface area contributed by atoms with E-state index in [1.54, 1.807) is 28.8 Å². The number of benzene rings is 3. The van der Waals surface area contributed by atoms with Crippen LogP contribution in [0.25, 0.3) is 16.7 Å². The van der Waals surface area contributed by atoms with Gasteiger partial charge in [-0.25, -0.2) is 18.2 Å². The highest BCUT2D eigenvalue weighted by molar-refractivity contribution is 7.99. The number of nitrogens with one attached hydrogen (secondary N) is 1. The summed E-state index contributed by atoms with van der Waals surface area (Å²) in [6.07, 6.45) is 0. The van der Waals surface area contributed by atoms with Crippen molar-refractivity contribution in [2.24, 2.45) is 0 Å². The normalized spacial score (nSPS) is 10.9. The van der Waals surface area contributed by atoms with Gasteiger partial charge in [0.2, 0.25) is 5.91 Å². The van der Waals surface area contributed by atoms with Crippen LogP contribution in [0.15, 0.2) is 59.8 Å². The minimum Gasteiger partial charge on any atom is -0.495 e. The van der Waals surface area contributed by atoms with Gasteiger partial charge in [-0.1, -0.05) is 23.9 Å². The van der Waals surface area contributed by atoms with E-state index in [1.807, 2.05) is 0 Å². The number of hydrogen-bond donors (Lipinski definition) is 1. The Morgan fingerprint density at radius 3 is 2.65 bits per heavy atom. The summed E-state index contributed by atoms with van der Waals surface area (Å²) in [6, 6.07) is 12.8. The molecule has 0 saturated heterocycles. The van der Waals surface area contributed by atoms with Crippen molar-refractivity contribution in [1.29, 1.82) is 0 Å². The molecule has 12 heteroatoms. The maximum absolute atomic E-state index is 13.9. The first-order chi connectivity index (χ1) is 16.3. The van der Waals surface area contributed by atoms with E-state index in [0.29, 0.717) is 33.7 Å². The summed E-state index contributed by atoms with van der Waals surface area (Å²) in [5.41, 5.74) is 0.772. The zero-order chi connectivity index (χ0) is 24.4. The van der Waals surface area contributed by atoms with Crippen LogP contribution in [0, 0.1) is 27.6 Å². The van der Waals surface area contributed by atoms with Crippen LogP contribution in [0.3, 0.4) is 0 Å². The van der Waals surface area contributed by atoms with Gasteiger partial charge in [0.25, 0.3) is 5.69 Å². The van der Waals surface area contributed by atoms with Gasteiger partial charge < -0.3 is 10.1 Å². The molecule has 0 aliphatic carbocycles. The first kappa shape index (κ1) is 23.1. The number of rotatable bonds is 7. The second kappa shape index (κ2) is 9.43. The zero-order valence-electron chi connectivity index (χ0n) is 17.4. The number of aromatic nitrogens is 2. The molecule has 0 aliphatic rings. The van der Waals surface area contributed by atoms with Crippen molar-refractivity contribution in [3.63, 3.8) is 0 Å². The number of methoxy groups -OCH3 is 1. The summed E-state index contributed by atoms with van der Waals surface area (Å²) in [7, 11) is 1.49. The number of nitrogens with zero attached hydrogens (tertiary/aromatic N) is 3. The van der Waals surface area contributed by atoms with Crippen LogP contribution >= 0.6 is 11.8 Å². The topological polar surface area (TPSA) is 99.3 Å². The molecule has 0 atom stereocenters. The Balaban J connectivity index is 1.68. The monoisotopic (exact) mass is 488 g/mol. The number of non-ortho nitro benzene ring substituents is 1. The van der Waals surface area contributed by atoms with Crippen molar-refractivity contribution < 1.29 is 27.6 Å². The number of carbonyl (C=O) groups excluding carboxylic acids is 1. The van der Waals surface area contributed by atoms with E-state index in [4.69, 9.17) is 4.74 Å². The predicted octanol–water partition coefficient (Wildman–Crippen LogP) is 5.09. The molecule has 0 radical (unpaired) electrons. The molecule has 3 aromatic carbocycles. The Bertz CT molecular complexity index is 1430. The number of ether oxygens (including phenoxy) is 1. The van der Waals surface area contributed by atoms with Crippen molar-refractivity contribution in [3.05, 3.63) is 82.2 Å². The van der Waals surface area contributed by atoms with Crippen molar-refractivity contribution in [2.75, 3.05) is 18.2 Å². The molecule has 0 aliphatic heterocycles. The van der Waals surface area contributed by atoms with Crippen molar-refractivity contribution in [1.82, 2.24) is 9.55 Å². The average molecular weight is 488 g/mol. The van der Waals surface area contributed by atoms with Crippen LogP contribution in [0.1, 0.15) is 0 Å². The van der Waals surface area contributed by atoms with Gasteiger partial charge >= 0.3 is 0 Å². The van der Waals surface area contributed by atoms with Gasteiger partial charge in [-0.2, -0.15) is 0 Å². The fraction of sp³-hybridized carbons (Fsp3) is 0.0909. The molecular formula is C22H15F3N4O4S. The molecule has 174 valence electrons. The molecule has 4 rings (SSSR count). The minimum absolute atomic E-state index is 0.153. The van der Waals surface area contributed by atoms with Gasteiger partial charge in [0.15, 0.2) is 22.6 Å². The molecule has 0 bridgehead atoms. The van der Waals surface area contributed by atoms with E-state index >= 15 is 0 Å². The number of anilines is 1. The molecule has 1 aromatic heterocycles. The van der Waals surface area contributed by atoms with Crippen LogP contribution in [0.4, 0.5) is 24.5 Å². The van der Waals surface area contributed by atoms with Crippen LogP contribution < -0.4 is 10.1 Å². The maximum Gasteiger partial charge on any atom is 0.271 e. The number of fused-ring (bicyclic) bond motifs is 1. The van der Waals surface area contributed by atoms with Crippen molar-refractivity contribution >= 4 is 40.1 Å². The van der Waals surface area contributed by atoms with Crippen LogP contribution in [-0.2, 0) is 4.79 Å². The predicted molar refractivity (Wildman–Crippen MR) is 120 cm³/mol. The number of para-hydroxylation sites is 2. The summed E-state index contributed by atoms with van der Waals surface area (Å²) in [4.78, 5) is 27.5. The molecule has 8 nitrogen and oxygen atoms in total. The first-order valence-corrected chi connectivity index (χ1v) is 10.6. The Morgan fingerprint density at radius 1 is 1.15 bits per heavy atom. The SMILES string of the molecule is COc1ccccc1-n1c(SCC(=O)Nc2ccc(F)c(F)c2F)nc2cc([N+](=O)[O-])ccc21. The third-order valence-corrected chi connectivity index (χ3v) is 5.72. The number of carbonyl (C=O) groups is 1. The van der Waals surface area contributed by atoms with Gasteiger partial charge in [-0.3, -0.25) is 19.5 Å². The fourth-order valence-corrected chi connectivity index (χ4v) is 4.06. The lowest BCUT2D eigenvalue weighted by Crippen LogP contribution is -2.16. The highest BCUT2D eigenvalue weighted by atomic mass is 32.2. The highest BCUT2D eigenvalue weighted by Crippen LogP contribution is 2.34. The second-order valence-corrected chi connectivity index (χ2v) is 7.83. The van der Waals surface area contributed by atoms with Crippen molar-refractivity contribution in [3.8, 4) is 11.4 Å². The van der Waals surface area contributed by atoms with Crippen molar-refractivity contribution in [2.45, 2.75) is 5.16 Å². The molecule has 1 heterocycles. The van der Waals surface area contributed by atoms with Crippen LogP contribution in [-0.4, -0.2) is 33.2 Å². The first-order valence-electron chi connectivity index (χ1n) is 9.66. The quantitative estimate of drug-likeness (QED) is 0.168. The lowest BCUT2D eigenvalue weighted by Gasteiger charge is -2.13. The molecule has 34 heavy (non-hydrogen) atoms. The highest BCUT2D eigenvalue weighted by Gasteiger charge is 2.20. The largest absolute Gasteiger partial charge is 0.495 e. The van der Waals surface area contributed by atoms with Gasteiger partial charge in [0.1, 0.15) is 5.75 Å². The summed E-state index contributed by atoms with van der Waals surface area (Å²) >= 11 is 0.966. The third kappa shape index (κ3) is 4.39. The van der Waals surface area contributed by atoms with Crippen LogP contribution in [0.5, 0.6) is 5.75 Å². The zero-order valence-corrected chi connectivity index (χ0v) is 18.2. The molecule has 1 N–H and O–H groups in total. The molecule has 4 aromatic rings. The molecule has 0 saturated carbocycles. The molecular weight excluding hydrogens is 473 g/mol.